The average molecular weight is 388 g/mol. The summed E-state index contributed by atoms with van der Waals surface area (Å²) in [6.07, 6.45) is 4.26. The van der Waals surface area contributed by atoms with E-state index in [1.165, 1.54) is 4.57 Å². The summed E-state index contributed by atoms with van der Waals surface area (Å²) in [6, 6.07) is 7.38. The maximum Gasteiger partial charge on any atom is 0.258 e. The van der Waals surface area contributed by atoms with E-state index < -0.39 is 15.8 Å². The number of aryl methyl sites for hydroxylation is 1. The van der Waals surface area contributed by atoms with Crippen molar-refractivity contribution in [1.29, 1.82) is 0 Å². The fraction of sp³-hybridized carbons (Fsp3) is 0.368. The Balaban J connectivity index is 2.24. The lowest BCUT2D eigenvalue weighted by atomic mass is 9.96. The summed E-state index contributed by atoms with van der Waals surface area (Å²) < 4.78 is 28.3. The van der Waals surface area contributed by atoms with Crippen LogP contribution in [0, 0.1) is 0 Å². The number of fused-ring (bicyclic) bond motifs is 1. The van der Waals surface area contributed by atoms with Crippen LogP contribution < -0.4 is 15.6 Å². The molecule has 0 amide bonds. The highest BCUT2D eigenvalue weighted by Crippen LogP contribution is 2.25. The molecule has 1 aliphatic rings. The van der Waals surface area contributed by atoms with Crippen LogP contribution in [0.25, 0.3) is 10.8 Å². The molecule has 0 unspecified atom stereocenters. The van der Waals surface area contributed by atoms with Gasteiger partial charge < -0.3 is 9.88 Å². The molecular weight excluding hydrogens is 364 g/mol. The number of nitrogens with one attached hydrogen (secondary N) is 2. The van der Waals surface area contributed by atoms with E-state index in [0.29, 0.717) is 17.5 Å². The molecule has 1 aliphatic heterocycles. The molecule has 0 bridgehead atoms. The van der Waals surface area contributed by atoms with Gasteiger partial charge in [-0.25, -0.2) is 13.4 Å². The monoisotopic (exact) mass is 388 g/mol. The molecule has 2 N–H and O–H groups in total. The number of hydrogen-bond acceptors (Lipinski definition) is 5. The first-order chi connectivity index (χ1) is 12.7. The minimum Gasteiger partial charge on any atom is -0.354 e. The van der Waals surface area contributed by atoms with Crippen LogP contribution in [-0.2, 0) is 17.1 Å². The van der Waals surface area contributed by atoms with E-state index in [4.69, 9.17) is 4.99 Å². The molecule has 0 saturated heterocycles. The van der Waals surface area contributed by atoms with Gasteiger partial charge in [0.15, 0.2) is 5.79 Å². The molecule has 0 radical (unpaired) electrons. The standard InChI is InChI=1S/C19H24N4O3S/c1-5-13-11-20-19(3,22-27(25,26)6-2)21-17(13)16-12-23(4)18(24)15-10-8-7-9-14(15)16/h7-12,20,22H,5-6H2,1-4H3/t19-/m1/s1. The van der Waals surface area contributed by atoms with Crippen molar-refractivity contribution in [2.45, 2.75) is 33.0 Å². The van der Waals surface area contributed by atoms with Crippen molar-refractivity contribution in [3.8, 4) is 0 Å². The predicted octanol–water partition coefficient (Wildman–Crippen LogP) is 1.84. The lowest BCUT2D eigenvalue weighted by Gasteiger charge is -2.32. The number of pyridine rings is 1. The number of benzene rings is 1. The number of aromatic nitrogens is 1. The summed E-state index contributed by atoms with van der Waals surface area (Å²) in [5, 5.41) is 4.45. The third-order valence-electron chi connectivity index (χ3n) is 4.63. The Bertz CT molecular complexity index is 1120. The van der Waals surface area contributed by atoms with Crippen molar-refractivity contribution >= 4 is 26.5 Å². The van der Waals surface area contributed by atoms with Crippen LogP contribution in [-0.4, -0.2) is 30.2 Å². The van der Waals surface area contributed by atoms with Crippen LogP contribution in [0.3, 0.4) is 0 Å². The second-order valence-corrected chi connectivity index (χ2v) is 8.72. The van der Waals surface area contributed by atoms with Crippen LogP contribution >= 0.6 is 0 Å². The maximum absolute atomic E-state index is 12.5. The van der Waals surface area contributed by atoms with E-state index in [1.54, 1.807) is 39.4 Å². The molecule has 0 saturated carbocycles. The highest BCUT2D eigenvalue weighted by atomic mass is 32.2. The van der Waals surface area contributed by atoms with Crippen molar-refractivity contribution in [1.82, 2.24) is 14.6 Å². The van der Waals surface area contributed by atoms with Crippen molar-refractivity contribution < 1.29 is 8.42 Å². The van der Waals surface area contributed by atoms with Gasteiger partial charge in [0.1, 0.15) is 0 Å². The van der Waals surface area contributed by atoms with Gasteiger partial charge in [0, 0.05) is 30.4 Å². The van der Waals surface area contributed by atoms with E-state index >= 15 is 0 Å². The van der Waals surface area contributed by atoms with Gasteiger partial charge in [-0.2, -0.15) is 4.72 Å². The van der Waals surface area contributed by atoms with Crippen LogP contribution in [0.4, 0.5) is 0 Å². The van der Waals surface area contributed by atoms with Gasteiger partial charge in [-0.15, -0.1) is 0 Å². The van der Waals surface area contributed by atoms with E-state index in [0.717, 1.165) is 16.5 Å². The smallest absolute Gasteiger partial charge is 0.258 e. The van der Waals surface area contributed by atoms with Crippen molar-refractivity contribution in [3.63, 3.8) is 0 Å². The van der Waals surface area contributed by atoms with E-state index in [9.17, 15) is 13.2 Å². The normalized spacial score (nSPS) is 20.1. The van der Waals surface area contributed by atoms with Gasteiger partial charge in [0.2, 0.25) is 10.0 Å². The minimum atomic E-state index is -3.47. The van der Waals surface area contributed by atoms with Gasteiger partial charge >= 0.3 is 0 Å². The first kappa shape index (κ1) is 19.3. The number of allylic oxidation sites excluding steroid dienone is 1. The largest absolute Gasteiger partial charge is 0.354 e. The summed E-state index contributed by atoms with van der Waals surface area (Å²) in [4.78, 5) is 17.2. The average Bonchev–Trinajstić information content (AvgIpc) is 2.64. The van der Waals surface area contributed by atoms with Gasteiger partial charge in [-0.1, -0.05) is 25.1 Å². The van der Waals surface area contributed by atoms with Crippen molar-refractivity contribution in [2.75, 3.05) is 5.75 Å². The third-order valence-corrected chi connectivity index (χ3v) is 6.10. The summed E-state index contributed by atoms with van der Waals surface area (Å²) >= 11 is 0. The fourth-order valence-corrected chi connectivity index (χ4v) is 4.01. The Kier molecular flexibility index (Phi) is 4.96. The first-order valence-corrected chi connectivity index (χ1v) is 10.5. The number of hydrogen-bond donors (Lipinski definition) is 2. The molecule has 8 heteroatoms. The number of nitrogens with zero attached hydrogens (tertiary/aromatic N) is 2. The van der Waals surface area contributed by atoms with E-state index in [2.05, 4.69) is 10.0 Å². The summed E-state index contributed by atoms with van der Waals surface area (Å²) in [7, 11) is -1.77. The Labute approximate surface area is 158 Å². The zero-order valence-electron chi connectivity index (χ0n) is 15.9. The quantitative estimate of drug-likeness (QED) is 0.817. The second kappa shape index (κ2) is 6.94. The molecule has 0 aliphatic carbocycles. The summed E-state index contributed by atoms with van der Waals surface area (Å²) in [5.41, 5.74) is 2.32. The van der Waals surface area contributed by atoms with Gasteiger partial charge in [-0.05, 0) is 37.3 Å². The highest BCUT2D eigenvalue weighted by molar-refractivity contribution is 7.89. The SMILES string of the molecule is CCC1=CN[C@@](C)(NS(=O)(=O)CC)N=C1c1cn(C)c(=O)c2ccccc12. The Morgan fingerprint density at radius 3 is 2.52 bits per heavy atom. The molecule has 3 rings (SSSR count). The molecule has 144 valence electrons. The topological polar surface area (TPSA) is 92.6 Å². The lowest BCUT2D eigenvalue weighted by molar-refractivity contribution is 0.384. The van der Waals surface area contributed by atoms with Crippen LogP contribution in [0.15, 0.2) is 52.0 Å². The predicted molar refractivity (Wildman–Crippen MR) is 108 cm³/mol. The van der Waals surface area contributed by atoms with Crippen molar-refractivity contribution in [3.05, 3.63) is 58.2 Å². The molecule has 2 aromatic rings. The Morgan fingerprint density at radius 2 is 1.89 bits per heavy atom. The van der Waals surface area contributed by atoms with Crippen molar-refractivity contribution in [2.24, 2.45) is 12.0 Å². The number of aliphatic imine (C=N–C) groups is 1. The molecule has 27 heavy (non-hydrogen) atoms. The zero-order valence-corrected chi connectivity index (χ0v) is 16.7. The summed E-state index contributed by atoms with van der Waals surface area (Å²) in [5.74, 6) is -1.24. The van der Waals surface area contributed by atoms with E-state index in [1.807, 2.05) is 25.1 Å². The fourth-order valence-electron chi connectivity index (χ4n) is 3.16. The highest BCUT2D eigenvalue weighted by Gasteiger charge is 2.32. The second-order valence-electron chi connectivity index (χ2n) is 6.71. The number of rotatable bonds is 5. The Hall–Kier alpha value is -2.45. The summed E-state index contributed by atoms with van der Waals surface area (Å²) in [6.45, 7) is 5.26. The molecule has 1 aromatic heterocycles. The Morgan fingerprint density at radius 1 is 1.22 bits per heavy atom. The van der Waals surface area contributed by atoms with Crippen LogP contribution in [0.2, 0.25) is 0 Å². The van der Waals surface area contributed by atoms with Crippen LogP contribution in [0.5, 0.6) is 0 Å². The van der Waals surface area contributed by atoms with Gasteiger partial charge in [0.05, 0.1) is 11.5 Å². The first-order valence-electron chi connectivity index (χ1n) is 8.87. The molecule has 0 spiro atoms. The number of sulfonamides is 1. The van der Waals surface area contributed by atoms with Gasteiger partial charge in [0.25, 0.3) is 5.56 Å². The van der Waals surface area contributed by atoms with Gasteiger partial charge in [-0.3, -0.25) is 4.79 Å². The lowest BCUT2D eigenvalue weighted by Crippen LogP contribution is -2.55. The molecule has 0 fully saturated rings. The minimum absolute atomic E-state index is 0.0394. The zero-order chi connectivity index (χ0) is 19.8. The molecule has 7 nitrogen and oxygen atoms in total. The van der Waals surface area contributed by atoms with E-state index in [-0.39, 0.29) is 11.3 Å². The molecule has 1 atom stereocenters. The maximum atomic E-state index is 12.5. The third kappa shape index (κ3) is 3.68. The molecule has 1 aromatic carbocycles. The van der Waals surface area contributed by atoms with Crippen LogP contribution in [0.1, 0.15) is 32.8 Å². The molecule has 2 heterocycles. The molecular formula is C19H24N4O3S.